The zero-order valence-corrected chi connectivity index (χ0v) is 14.7. The van der Waals surface area contributed by atoms with Gasteiger partial charge in [0.1, 0.15) is 18.2 Å². The van der Waals surface area contributed by atoms with Crippen molar-refractivity contribution in [2.75, 3.05) is 6.61 Å². The van der Waals surface area contributed by atoms with Gasteiger partial charge in [0.15, 0.2) is 6.61 Å². The normalized spacial score (nSPS) is 10.2. The molecule has 8 nitrogen and oxygen atoms in total. The zero-order valence-electron chi connectivity index (χ0n) is 13.1. The highest BCUT2D eigenvalue weighted by Crippen LogP contribution is 2.25. The van der Waals surface area contributed by atoms with E-state index < -0.39 is 34.9 Å². The first-order valence-corrected chi connectivity index (χ1v) is 7.88. The number of nitro groups is 1. The molecule has 0 saturated heterocycles. The van der Waals surface area contributed by atoms with Crippen molar-refractivity contribution in [1.82, 2.24) is 0 Å². The minimum Gasteiger partial charge on any atom is -0.481 e. The fraction of sp³-hybridized carbons (Fsp3) is 0.125. The summed E-state index contributed by atoms with van der Waals surface area (Å²) in [6, 6.07) is 7.25. The van der Waals surface area contributed by atoms with Gasteiger partial charge in [-0.3, -0.25) is 14.9 Å². The van der Waals surface area contributed by atoms with Crippen molar-refractivity contribution in [3.63, 3.8) is 0 Å². The molecular weight excluding hydrogens is 415 g/mol. The Morgan fingerprint density at radius 3 is 2.58 bits per heavy atom. The van der Waals surface area contributed by atoms with E-state index in [0.29, 0.717) is 4.47 Å². The van der Waals surface area contributed by atoms with Gasteiger partial charge in [-0.25, -0.2) is 9.18 Å². The van der Waals surface area contributed by atoms with Gasteiger partial charge in [-0.15, -0.1) is 0 Å². The second kappa shape index (κ2) is 8.39. The Balaban J connectivity index is 1.98. The van der Waals surface area contributed by atoms with Crippen molar-refractivity contribution in [1.29, 1.82) is 0 Å². The van der Waals surface area contributed by atoms with E-state index in [1.165, 1.54) is 24.3 Å². The van der Waals surface area contributed by atoms with E-state index >= 15 is 0 Å². The Morgan fingerprint density at radius 1 is 1.23 bits per heavy atom. The highest BCUT2D eigenvalue weighted by Gasteiger charge is 2.18. The number of nitrogens with two attached hydrogens (primary N) is 1. The molecule has 2 rings (SSSR count). The number of primary amides is 1. The van der Waals surface area contributed by atoms with Gasteiger partial charge < -0.3 is 15.2 Å². The van der Waals surface area contributed by atoms with E-state index in [1.54, 1.807) is 0 Å². The van der Waals surface area contributed by atoms with Gasteiger partial charge >= 0.3 is 5.97 Å². The first-order valence-electron chi connectivity index (χ1n) is 7.08. The molecule has 2 aromatic rings. The predicted octanol–water partition coefficient (Wildman–Crippen LogP) is 2.72. The third kappa shape index (κ3) is 4.99. The molecule has 0 aromatic heterocycles. The lowest BCUT2D eigenvalue weighted by atomic mass is 10.1. The Bertz CT molecular complexity index is 874. The molecule has 0 spiro atoms. The van der Waals surface area contributed by atoms with Crippen LogP contribution in [0.2, 0.25) is 0 Å². The van der Waals surface area contributed by atoms with Crippen LogP contribution >= 0.6 is 15.9 Å². The maximum atomic E-state index is 13.0. The van der Waals surface area contributed by atoms with E-state index in [-0.39, 0.29) is 23.5 Å². The summed E-state index contributed by atoms with van der Waals surface area (Å²) >= 11 is 3.09. The van der Waals surface area contributed by atoms with Crippen LogP contribution in [0.15, 0.2) is 40.9 Å². The molecule has 26 heavy (non-hydrogen) atoms. The average Bonchev–Trinajstić information content (AvgIpc) is 2.58. The molecule has 0 heterocycles. The van der Waals surface area contributed by atoms with Crippen LogP contribution in [0.25, 0.3) is 0 Å². The van der Waals surface area contributed by atoms with Crippen LogP contribution in [0.3, 0.4) is 0 Å². The van der Waals surface area contributed by atoms with E-state index in [9.17, 15) is 24.1 Å². The smallest absolute Gasteiger partial charge is 0.344 e. The van der Waals surface area contributed by atoms with Gasteiger partial charge in [-0.1, -0.05) is 0 Å². The molecule has 0 radical (unpaired) electrons. The first-order chi connectivity index (χ1) is 12.3. The lowest BCUT2D eigenvalue weighted by Crippen LogP contribution is -2.16. The number of ether oxygens (including phenoxy) is 2. The Morgan fingerprint density at radius 2 is 1.96 bits per heavy atom. The van der Waals surface area contributed by atoms with Crippen molar-refractivity contribution >= 4 is 33.5 Å². The number of hydrogen-bond acceptors (Lipinski definition) is 6. The number of rotatable bonds is 7. The van der Waals surface area contributed by atoms with Crippen LogP contribution in [-0.2, 0) is 16.1 Å². The van der Waals surface area contributed by atoms with Crippen LogP contribution in [-0.4, -0.2) is 23.4 Å². The summed E-state index contributed by atoms with van der Waals surface area (Å²) in [4.78, 5) is 33.2. The second-order valence-electron chi connectivity index (χ2n) is 4.99. The fourth-order valence-electron chi connectivity index (χ4n) is 1.94. The number of amides is 1. The summed E-state index contributed by atoms with van der Waals surface area (Å²) in [5.74, 6) is -1.83. The molecule has 0 fully saturated rings. The largest absolute Gasteiger partial charge is 0.481 e. The molecule has 136 valence electrons. The molecule has 1 amide bonds. The Kier molecular flexibility index (Phi) is 6.23. The topological polar surface area (TPSA) is 122 Å². The van der Waals surface area contributed by atoms with Gasteiger partial charge in [0, 0.05) is 11.6 Å². The number of carbonyl (C=O) groups is 2. The maximum absolute atomic E-state index is 13.0. The summed E-state index contributed by atoms with van der Waals surface area (Å²) < 4.78 is 23.4. The lowest BCUT2D eigenvalue weighted by Gasteiger charge is -2.09. The van der Waals surface area contributed by atoms with Crippen molar-refractivity contribution in [3.05, 3.63) is 67.9 Å². The van der Waals surface area contributed by atoms with Gasteiger partial charge in [0.2, 0.25) is 5.91 Å². The van der Waals surface area contributed by atoms with E-state index in [1.807, 2.05) is 0 Å². The molecule has 0 aliphatic rings. The highest BCUT2D eigenvalue weighted by atomic mass is 79.9. The van der Waals surface area contributed by atoms with Gasteiger partial charge in [0.25, 0.3) is 5.69 Å². The summed E-state index contributed by atoms with van der Waals surface area (Å²) in [5, 5.41) is 11.1. The quantitative estimate of drug-likeness (QED) is 0.412. The highest BCUT2D eigenvalue weighted by molar-refractivity contribution is 9.10. The van der Waals surface area contributed by atoms with Gasteiger partial charge in [0.05, 0.1) is 15.0 Å². The molecule has 0 aliphatic carbocycles. The number of esters is 1. The molecule has 0 atom stereocenters. The summed E-state index contributed by atoms with van der Waals surface area (Å²) in [6.45, 7) is -0.862. The van der Waals surface area contributed by atoms with Gasteiger partial charge in [-0.05, 0) is 46.3 Å². The third-order valence-electron chi connectivity index (χ3n) is 3.19. The minimum atomic E-state index is -0.810. The number of benzene rings is 2. The number of hydrogen-bond donors (Lipinski definition) is 1. The van der Waals surface area contributed by atoms with Crippen molar-refractivity contribution in [2.45, 2.75) is 6.61 Å². The number of nitro benzene ring substituents is 1. The van der Waals surface area contributed by atoms with Crippen molar-refractivity contribution < 1.29 is 28.4 Å². The van der Waals surface area contributed by atoms with E-state index in [2.05, 4.69) is 15.9 Å². The Labute approximate surface area is 155 Å². The van der Waals surface area contributed by atoms with E-state index in [4.69, 9.17) is 15.2 Å². The van der Waals surface area contributed by atoms with Crippen LogP contribution in [0.4, 0.5) is 10.1 Å². The minimum absolute atomic E-state index is 0.0312. The maximum Gasteiger partial charge on any atom is 0.344 e. The molecule has 2 N–H and O–H groups in total. The first kappa shape index (κ1) is 19.3. The summed E-state index contributed by atoms with van der Waals surface area (Å²) in [6.07, 6.45) is 0. The third-order valence-corrected chi connectivity index (χ3v) is 3.81. The molecule has 10 heteroatoms. The standard InChI is InChI=1S/C16H12BrFN2O6/c17-12-6-11(18)3-4-14(12)25-8-15(21)26-7-10-2-1-9(16(19)22)5-13(10)20(23)24/h1-6H,7-8H2,(H2,19,22). The molecular formula is C16H12BrFN2O6. The van der Waals surface area contributed by atoms with Crippen molar-refractivity contribution in [3.8, 4) is 5.75 Å². The van der Waals surface area contributed by atoms with Crippen LogP contribution < -0.4 is 10.5 Å². The average molecular weight is 427 g/mol. The number of nitrogens with zero attached hydrogens (tertiary/aromatic N) is 1. The zero-order chi connectivity index (χ0) is 19.3. The summed E-state index contributed by atoms with van der Waals surface area (Å²) in [7, 11) is 0. The van der Waals surface area contributed by atoms with Gasteiger partial charge in [-0.2, -0.15) is 0 Å². The molecule has 0 aliphatic heterocycles. The SMILES string of the molecule is NC(=O)c1ccc(COC(=O)COc2ccc(F)cc2Br)c([N+](=O)[O-])c1. The fourth-order valence-corrected chi connectivity index (χ4v) is 2.40. The summed E-state index contributed by atoms with van der Waals surface area (Å²) in [5.41, 5.74) is 4.75. The predicted molar refractivity (Wildman–Crippen MR) is 91.0 cm³/mol. The Hall–Kier alpha value is -3.01. The van der Waals surface area contributed by atoms with Crippen LogP contribution in [0.1, 0.15) is 15.9 Å². The lowest BCUT2D eigenvalue weighted by molar-refractivity contribution is -0.385. The van der Waals surface area contributed by atoms with Crippen molar-refractivity contribution in [2.24, 2.45) is 5.73 Å². The monoisotopic (exact) mass is 426 g/mol. The van der Waals surface area contributed by atoms with Crippen LogP contribution in [0, 0.1) is 15.9 Å². The number of halogens is 2. The van der Waals surface area contributed by atoms with E-state index in [0.717, 1.165) is 12.1 Å². The van der Waals surface area contributed by atoms with Crippen LogP contribution in [0.5, 0.6) is 5.75 Å². The molecule has 2 aromatic carbocycles. The second-order valence-corrected chi connectivity index (χ2v) is 5.84. The molecule has 0 unspecified atom stereocenters. The number of carbonyl (C=O) groups excluding carboxylic acids is 2. The molecule has 0 saturated carbocycles. The molecule has 0 bridgehead atoms.